The van der Waals surface area contributed by atoms with E-state index in [4.69, 9.17) is 9.47 Å². The van der Waals surface area contributed by atoms with Crippen molar-refractivity contribution in [1.29, 1.82) is 0 Å². The molecule has 4 heteroatoms. The second kappa shape index (κ2) is 4.90. The van der Waals surface area contributed by atoms with Crippen molar-refractivity contribution in [3.63, 3.8) is 0 Å². The summed E-state index contributed by atoms with van der Waals surface area (Å²) in [4.78, 5) is 13.2. The van der Waals surface area contributed by atoms with E-state index in [0.29, 0.717) is 0 Å². The molecule has 0 N–H and O–H groups in total. The fourth-order valence-corrected chi connectivity index (χ4v) is 5.18. The lowest BCUT2D eigenvalue weighted by Gasteiger charge is -2.28. The molecule has 2 atom stereocenters. The molecule has 2 saturated heterocycles. The number of ether oxygens (including phenoxy) is 2. The number of Topliss-reactive ketones (excluding diaryl/α,β-unsaturated/α-hetero) is 1. The van der Waals surface area contributed by atoms with E-state index in [-0.39, 0.29) is 11.9 Å². The minimum Gasteiger partial charge on any atom is -0.358 e. The highest BCUT2D eigenvalue weighted by Gasteiger charge is 2.81. The number of epoxide rings is 1. The lowest BCUT2D eigenvalue weighted by molar-refractivity contribution is -0.133. The van der Waals surface area contributed by atoms with Gasteiger partial charge in [-0.1, -0.05) is 41.8 Å². The SMILES string of the molecule is CCc1cc(Br)ccc1C1O[C@]12C(=O)C(C)(C)OC21CCCC1. The van der Waals surface area contributed by atoms with E-state index in [9.17, 15) is 4.79 Å². The van der Waals surface area contributed by atoms with Crippen LogP contribution in [0.5, 0.6) is 0 Å². The van der Waals surface area contributed by atoms with Gasteiger partial charge in [-0.25, -0.2) is 0 Å². The van der Waals surface area contributed by atoms with Crippen molar-refractivity contribution in [2.24, 2.45) is 0 Å². The highest BCUT2D eigenvalue weighted by atomic mass is 79.9. The number of rotatable bonds is 2. The molecule has 1 aromatic carbocycles. The molecule has 1 aliphatic carbocycles. The van der Waals surface area contributed by atoms with Crippen LogP contribution in [0.25, 0.3) is 0 Å². The number of fused-ring (bicyclic) bond motifs is 1. The normalized spacial score (nSPS) is 33.7. The number of halogens is 1. The van der Waals surface area contributed by atoms with Gasteiger partial charge < -0.3 is 9.47 Å². The lowest BCUT2D eigenvalue weighted by atomic mass is 9.77. The zero-order chi connectivity index (χ0) is 16.5. The average molecular weight is 379 g/mol. The van der Waals surface area contributed by atoms with E-state index < -0.39 is 16.8 Å². The van der Waals surface area contributed by atoms with Crippen LogP contribution in [0.4, 0.5) is 0 Å². The molecule has 3 aliphatic rings. The molecule has 0 amide bonds. The second-order valence-corrected chi connectivity index (χ2v) is 8.49. The second-order valence-electron chi connectivity index (χ2n) is 7.57. The van der Waals surface area contributed by atoms with Crippen LogP contribution in [0.15, 0.2) is 22.7 Å². The monoisotopic (exact) mass is 378 g/mol. The highest BCUT2D eigenvalue weighted by molar-refractivity contribution is 9.10. The largest absolute Gasteiger partial charge is 0.358 e. The van der Waals surface area contributed by atoms with Gasteiger partial charge in [0.25, 0.3) is 0 Å². The van der Waals surface area contributed by atoms with E-state index in [0.717, 1.165) is 42.1 Å². The van der Waals surface area contributed by atoms with Crippen molar-refractivity contribution < 1.29 is 14.3 Å². The molecule has 1 unspecified atom stereocenters. The average Bonchev–Trinajstić information content (AvgIpc) is 3.05. The Morgan fingerprint density at radius 1 is 1.26 bits per heavy atom. The van der Waals surface area contributed by atoms with Crippen molar-refractivity contribution in [3.8, 4) is 0 Å². The predicted octanol–water partition coefficient (Wildman–Crippen LogP) is 4.51. The summed E-state index contributed by atoms with van der Waals surface area (Å²) in [7, 11) is 0. The maximum atomic E-state index is 13.2. The van der Waals surface area contributed by atoms with Gasteiger partial charge in [0, 0.05) is 4.47 Å². The number of hydrogen-bond donors (Lipinski definition) is 0. The Morgan fingerprint density at radius 3 is 2.61 bits per heavy atom. The molecule has 4 rings (SSSR count). The molecule has 23 heavy (non-hydrogen) atoms. The first-order valence-corrected chi connectivity index (χ1v) is 9.37. The fraction of sp³-hybridized carbons (Fsp3) is 0.632. The van der Waals surface area contributed by atoms with E-state index in [2.05, 4.69) is 35.0 Å². The van der Waals surface area contributed by atoms with Gasteiger partial charge in [-0.15, -0.1) is 0 Å². The van der Waals surface area contributed by atoms with Crippen LogP contribution in [0.3, 0.4) is 0 Å². The summed E-state index contributed by atoms with van der Waals surface area (Å²) in [6.07, 6.45) is 4.85. The summed E-state index contributed by atoms with van der Waals surface area (Å²) in [6.45, 7) is 5.93. The summed E-state index contributed by atoms with van der Waals surface area (Å²) < 4.78 is 13.6. The first-order valence-electron chi connectivity index (χ1n) is 8.57. The van der Waals surface area contributed by atoms with Crippen LogP contribution in [-0.4, -0.2) is 22.6 Å². The number of carbonyl (C=O) groups excluding carboxylic acids is 1. The fourth-order valence-electron chi connectivity index (χ4n) is 4.77. The van der Waals surface area contributed by atoms with Crippen LogP contribution in [0.2, 0.25) is 0 Å². The topological polar surface area (TPSA) is 38.8 Å². The van der Waals surface area contributed by atoms with Gasteiger partial charge >= 0.3 is 0 Å². The first-order chi connectivity index (χ1) is 10.9. The Labute approximate surface area is 145 Å². The third-order valence-electron chi connectivity index (χ3n) is 5.81. The Morgan fingerprint density at radius 2 is 1.96 bits per heavy atom. The van der Waals surface area contributed by atoms with Crippen LogP contribution >= 0.6 is 15.9 Å². The maximum absolute atomic E-state index is 13.2. The summed E-state index contributed by atoms with van der Waals surface area (Å²) in [5, 5.41) is 0. The van der Waals surface area contributed by atoms with Crippen LogP contribution in [0, 0.1) is 0 Å². The minimum atomic E-state index is -0.759. The maximum Gasteiger partial charge on any atom is 0.201 e. The van der Waals surface area contributed by atoms with Crippen LogP contribution in [0.1, 0.15) is 63.7 Å². The first kappa shape index (κ1) is 15.8. The minimum absolute atomic E-state index is 0.127. The third-order valence-corrected chi connectivity index (χ3v) is 6.30. The van der Waals surface area contributed by atoms with Crippen molar-refractivity contribution in [2.45, 2.75) is 75.8 Å². The van der Waals surface area contributed by atoms with E-state index in [1.54, 1.807) is 0 Å². The van der Waals surface area contributed by atoms with E-state index in [1.807, 2.05) is 19.9 Å². The number of ketones is 1. The number of benzene rings is 1. The number of aryl methyl sites for hydroxylation is 1. The molecule has 3 fully saturated rings. The molecular formula is C19H23BrO3. The summed E-state index contributed by atoms with van der Waals surface area (Å²) in [6, 6.07) is 6.28. The Kier molecular flexibility index (Phi) is 3.37. The zero-order valence-corrected chi connectivity index (χ0v) is 15.5. The van der Waals surface area contributed by atoms with E-state index in [1.165, 1.54) is 5.56 Å². The molecule has 0 bridgehead atoms. The van der Waals surface area contributed by atoms with Crippen molar-refractivity contribution in [1.82, 2.24) is 0 Å². The van der Waals surface area contributed by atoms with Gasteiger partial charge in [0.05, 0.1) is 0 Å². The Bertz CT molecular complexity index is 675. The van der Waals surface area contributed by atoms with Gasteiger partial charge in [-0.2, -0.15) is 0 Å². The standard InChI is InChI=1S/C19H23BrO3/c1-4-12-11-13(20)7-8-14(12)15-19(22-15)16(21)17(2,3)23-18(19)9-5-6-10-18/h7-8,11,15H,4-6,9-10H2,1-3H3/t15?,19-/m0/s1. The third kappa shape index (κ3) is 1.98. The smallest absolute Gasteiger partial charge is 0.201 e. The van der Waals surface area contributed by atoms with Crippen molar-refractivity contribution in [3.05, 3.63) is 33.8 Å². The molecule has 0 aromatic heterocycles. The molecule has 2 aliphatic heterocycles. The Hall–Kier alpha value is -0.710. The molecule has 124 valence electrons. The molecule has 1 aromatic rings. The molecular weight excluding hydrogens is 356 g/mol. The predicted molar refractivity (Wildman–Crippen MR) is 91.4 cm³/mol. The van der Waals surface area contributed by atoms with Crippen LogP contribution < -0.4 is 0 Å². The van der Waals surface area contributed by atoms with Gasteiger partial charge in [0.2, 0.25) is 5.78 Å². The summed E-state index contributed by atoms with van der Waals surface area (Å²) in [5.74, 6) is 0.127. The molecule has 2 heterocycles. The molecule has 2 spiro atoms. The van der Waals surface area contributed by atoms with Gasteiger partial charge in [-0.3, -0.25) is 4.79 Å². The van der Waals surface area contributed by atoms with Gasteiger partial charge in [0.15, 0.2) is 5.60 Å². The van der Waals surface area contributed by atoms with Crippen LogP contribution in [-0.2, 0) is 20.7 Å². The van der Waals surface area contributed by atoms with Crippen molar-refractivity contribution in [2.75, 3.05) is 0 Å². The zero-order valence-electron chi connectivity index (χ0n) is 13.9. The lowest BCUT2D eigenvalue weighted by Crippen LogP contribution is -2.43. The summed E-state index contributed by atoms with van der Waals surface area (Å²) >= 11 is 3.54. The quantitative estimate of drug-likeness (QED) is 0.710. The highest BCUT2D eigenvalue weighted by Crippen LogP contribution is 2.68. The van der Waals surface area contributed by atoms with Gasteiger partial charge in [0.1, 0.15) is 17.3 Å². The van der Waals surface area contributed by atoms with Crippen molar-refractivity contribution >= 4 is 21.7 Å². The Balaban J connectivity index is 1.79. The molecule has 3 nitrogen and oxygen atoms in total. The number of carbonyl (C=O) groups is 1. The molecule has 0 radical (unpaired) electrons. The van der Waals surface area contributed by atoms with Gasteiger partial charge in [-0.05, 0) is 56.4 Å². The van der Waals surface area contributed by atoms with E-state index >= 15 is 0 Å². The molecule has 1 saturated carbocycles. The summed E-state index contributed by atoms with van der Waals surface area (Å²) in [5.41, 5.74) is 0.464. The number of hydrogen-bond acceptors (Lipinski definition) is 3.